The predicted octanol–water partition coefficient (Wildman–Crippen LogP) is 5.04. The molecule has 0 bridgehead atoms. The lowest BCUT2D eigenvalue weighted by Crippen LogP contribution is -2.54. The topological polar surface area (TPSA) is 9.23 Å². The molecule has 132 valence electrons. The monoisotopic (exact) mass is 370 g/mol. The molecule has 25 heavy (non-hydrogen) atoms. The van der Waals surface area contributed by atoms with Crippen LogP contribution in [0.5, 0.6) is 5.75 Å². The molecular weight excluding hydrogens is 344 g/mol. The second-order valence-electron chi connectivity index (χ2n) is 8.39. The second kappa shape index (κ2) is 6.33. The lowest BCUT2D eigenvalue weighted by atomic mass is 9.86. The summed E-state index contributed by atoms with van der Waals surface area (Å²) in [6, 6.07) is 10.9. The summed E-state index contributed by atoms with van der Waals surface area (Å²) in [7, 11) is -0.201. The van der Waals surface area contributed by atoms with Crippen molar-refractivity contribution in [3.05, 3.63) is 58.1 Å². The Bertz CT molecular complexity index is 844. The van der Waals surface area contributed by atoms with Gasteiger partial charge in [-0.25, -0.2) is 0 Å². The summed E-state index contributed by atoms with van der Waals surface area (Å²) in [5.41, 5.74) is 3.99. The summed E-state index contributed by atoms with van der Waals surface area (Å²) in [5, 5.41) is 3.53. The van der Waals surface area contributed by atoms with Gasteiger partial charge in [0, 0.05) is 10.6 Å². The molecule has 0 atom stereocenters. The van der Waals surface area contributed by atoms with Crippen molar-refractivity contribution in [2.45, 2.75) is 45.7 Å². The molecule has 0 heterocycles. The first-order valence-electron chi connectivity index (χ1n) is 8.83. The lowest BCUT2D eigenvalue weighted by molar-refractivity contribution is 0.401. The van der Waals surface area contributed by atoms with E-state index in [1.807, 2.05) is 0 Å². The maximum Gasteiger partial charge on any atom is 0.122 e. The summed E-state index contributed by atoms with van der Waals surface area (Å²) >= 11 is 6.55. The Morgan fingerprint density at radius 1 is 1.08 bits per heavy atom. The SMILES string of the molecule is COc1c(C(C)(C)C)cc(Cl)cc1[Si](C)(C)c1cccc2c1C=CC2. The van der Waals surface area contributed by atoms with Crippen molar-refractivity contribution in [2.75, 3.05) is 7.11 Å². The predicted molar refractivity (Wildman–Crippen MR) is 113 cm³/mol. The molecule has 0 aromatic heterocycles. The number of allylic oxidation sites excluding steroid dienone is 1. The Hall–Kier alpha value is -1.51. The molecule has 1 aliphatic rings. The molecule has 3 heteroatoms. The van der Waals surface area contributed by atoms with E-state index in [4.69, 9.17) is 16.3 Å². The Labute approximate surface area is 157 Å². The van der Waals surface area contributed by atoms with Crippen molar-refractivity contribution in [3.8, 4) is 5.75 Å². The largest absolute Gasteiger partial charge is 0.497 e. The van der Waals surface area contributed by atoms with Gasteiger partial charge in [0.05, 0.1) is 7.11 Å². The lowest BCUT2D eigenvalue weighted by Gasteiger charge is -2.31. The minimum absolute atomic E-state index is 0.0198. The highest BCUT2D eigenvalue weighted by molar-refractivity contribution is 7.01. The van der Waals surface area contributed by atoms with Gasteiger partial charge in [-0.1, -0.05) is 75.8 Å². The molecule has 0 fully saturated rings. The van der Waals surface area contributed by atoms with Gasteiger partial charge >= 0.3 is 0 Å². The fourth-order valence-electron chi connectivity index (χ4n) is 3.82. The third-order valence-electron chi connectivity index (χ3n) is 5.23. The third kappa shape index (κ3) is 3.18. The molecule has 1 nitrogen and oxygen atoms in total. The highest BCUT2D eigenvalue weighted by Crippen LogP contribution is 2.34. The zero-order valence-electron chi connectivity index (χ0n) is 16.0. The van der Waals surface area contributed by atoms with Crippen molar-refractivity contribution in [1.29, 1.82) is 0 Å². The quantitative estimate of drug-likeness (QED) is 0.688. The fourth-order valence-corrected chi connectivity index (χ4v) is 7.17. The van der Waals surface area contributed by atoms with E-state index >= 15 is 0 Å². The van der Waals surface area contributed by atoms with Crippen LogP contribution >= 0.6 is 11.6 Å². The van der Waals surface area contributed by atoms with Crippen LogP contribution in [-0.4, -0.2) is 15.2 Å². The maximum absolute atomic E-state index is 6.55. The molecule has 0 unspecified atom stereocenters. The van der Waals surface area contributed by atoms with Crippen LogP contribution in [0.15, 0.2) is 36.4 Å². The number of benzene rings is 2. The van der Waals surface area contributed by atoms with Gasteiger partial charge in [0.2, 0.25) is 0 Å². The van der Waals surface area contributed by atoms with E-state index in [0.717, 1.165) is 17.2 Å². The van der Waals surface area contributed by atoms with E-state index in [1.165, 1.54) is 27.1 Å². The first kappa shape index (κ1) is 18.3. The smallest absolute Gasteiger partial charge is 0.122 e. The zero-order chi connectivity index (χ0) is 18.4. The first-order chi connectivity index (χ1) is 11.7. The van der Waals surface area contributed by atoms with E-state index in [2.05, 4.69) is 76.3 Å². The Balaban J connectivity index is 2.27. The first-order valence-corrected chi connectivity index (χ1v) is 12.2. The zero-order valence-corrected chi connectivity index (χ0v) is 17.8. The van der Waals surface area contributed by atoms with E-state index in [9.17, 15) is 0 Å². The average molecular weight is 371 g/mol. The molecule has 0 amide bonds. The molecule has 0 radical (unpaired) electrons. The summed E-state index contributed by atoms with van der Waals surface area (Å²) in [4.78, 5) is 0. The number of methoxy groups -OCH3 is 1. The highest BCUT2D eigenvalue weighted by atomic mass is 35.5. The van der Waals surface area contributed by atoms with E-state index in [1.54, 1.807) is 7.11 Å². The number of rotatable bonds is 3. The van der Waals surface area contributed by atoms with E-state index < -0.39 is 8.07 Å². The average Bonchev–Trinajstić information content (AvgIpc) is 3.01. The van der Waals surface area contributed by atoms with Crippen molar-refractivity contribution in [1.82, 2.24) is 0 Å². The minimum Gasteiger partial charge on any atom is -0.497 e. The van der Waals surface area contributed by atoms with Gasteiger partial charge in [-0.15, -0.1) is 0 Å². The van der Waals surface area contributed by atoms with E-state index in [0.29, 0.717) is 0 Å². The van der Waals surface area contributed by atoms with Gasteiger partial charge in [-0.2, -0.15) is 0 Å². The molecule has 0 N–H and O–H groups in total. The summed E-state index contributed by atoms with van der Waals surface area (Å²) in [6.07, 6.45) is 5.57. The molecule has 0 spiro atoms. The van der Waals surface area contributed by atoms with Gasteiger partial charge in [-0.05, 0) is 45.5 Å². The van der Waals surface area contributed by atoms with Crippen molar-refractivity contribution in [3.63, 3.8) is 0 Å². The number of halogens is 1. The van der Waals surface area contributed by atoms with Gasteiger partial charge in [0.15, 0.2) is 0 Å². The maximum atomic E-state index is 6.55. The molecule has 2 aromatic rings. The third-order valence-corrected chi connectivity index (χ3v) is 8.95. The van der Waals surface area contributed by atoms with Gasteiger partial charge in [0.1, 0.15) is 13.8 Å². The highest BCUT2D eigenvalue weighted by Gasteiger charge is 2.35. The molecule has 1 aliphatic carbocycles. The molecule has 0 saturated carbocycles. The van der Waals surface area contributed by atoms with Crippen LogP contribution < -0.4 is 15.1 Å². The second-order valence-corrected chi connectivity index (χ2v) is 13.2. The Kier molecular flexibility index (Phi) is 4.63. The number of fused-ring (bicyclic) bond motifs is 1. The Morgan fingerprint density at radius 3 is 2.44 bits per heavy atom. The molecular formula is C22H27ClOSi. The van der Waals surface area contributed by atoms with E-state index in [-0.39, 0.29) is 5.41 Å². The van der Waals surface area contributed by atoms with Gasteiger partial charge in [-0.3, -0.25) is 0 Å². The Morgan fingerprint density at radius 2 is 1.80 bits per heavy atom. The van der Waals surface area contributed by atoms with Crippen LogP contribution in [0.1, 0.15) is 37.5 Å². The standard InChI is InChI=1S/C22H27ClOSi/c1-22(2,3)18-13-16(23)14-20(21(18)24-4)25(5,6)19-12-8-10-15-9-7-11-17(15)19/h7-8,10-14H,9H2,1-6H3. The van der Waals surface area contributed by atoms with Crippen LogP contribution in [-0.2, 0) is 11.8 Å². The number of hydrogen-bond acceptors (Lipinski definition) is 1. The normalized spacial score (nSPS) is 13.9. The molecule has 2 aromatic carbocycles. The van der Waals surface area contributed by atoms with Gasteiger partial charge < -0.3 is 4.74 Å². The summed E-state index contributed by atoms with van der Waals surface area (Å²) in [6.45, 7) is 11.4. The minimum atomic E-state index is -1.98. The molecule has 0 saturated heterocycles. The number of hydrogen-bond donors (Lipinski definition) is 0. The molecule has 0 aliphatic heterocycles. The van der Waals surface area contributed by atoms with Crippen molar-refractivity contribution < 1.29 is 4.74 Å². The van der Waals surface area contributed by atoms with Crippen LogP contribution in [0.4, 0.5) is 0 Å². The van der Waals surface area contributed by atoms with Gasteiger partial charge in [0.25, 0.3) is 0 Å². The summed E-state index contributed by atoms with van der Waals surface area (Å²) < 4.78 is 5.94. The van der Waals surface area contributed by atoms with Crippen molar-refractivity contribution in [2.24, 2.45) is 0 Å². The summed E-state index contributed by atoms with van der Waals surface area (Å²) in [5.74, 6) is 1.01. The fraction of sp³-hybridized carbons (Fsp3) is 0.364. The molecule has 3 rings (SSSR count). The van der Waals surface area contributed by atoms with Crippen LogP contribution in [0.3, 0.4) is 0 Å². The number of ether oxygens (including phenoxy) is 1. The van der Waals surface area contributed by atoms with Crippen LogP contribution in [0.2, 0.25) is 18.1 Å². The van der Waals surface area contributed by atoms with Crippen LogP contribution in [0, 0.1) is 0 Å². The van der Waals surface area contributed by atoms with Crippen molar-refractivity contribution >= 4 is 36.1 Å². The van der Waals surface area contributed by atoms with Crippen LogP contribution in [0.25, 0.3) is 6.08 Å².